The maximum atomic E-state index is 15.1. The molecular formula is C27H27F2N3O4. The van der Waals surface area contributed by atoms with Crippen LogP contribution in [0.3, 0.4) is 0 Å². The average molecular weight is 496 g/mol. The van der Waals surface area contributed by atoms with E-state index in [-0.39, 0.29) is 30.8 Å². The Morgan fingerprint density at radius 2 is 1.86 bits per heavy atom. The van der Waals surface area contributed by atoms with Crippen LogP contribution >= 0.6 is 0 Å². The zero-order valence-corrected chi connectivity index (χ0v) is 20.0. The molecule has 4 rings (SSSR count). The summed E-state index contributed by atoms with van der Waals surface area (Å²) in [5, 5.41) is 12.3. The summed E-state index contributed by atoms with van der Waals surface area (Å²) in [6, 6.07) is 11.6. The van der Waals surface area contributed by atoms with Gasteiger partial charge in [0.25, 0.3) is 5.91 Å². The van der Waals surface area contributed by atoms with E-state index in [2.05, 4.69) is 6.58 Å². The summed E-state index contributed by atoms with van der Waals surface area (Å²) in [5.74, 6) is -3.69. The van der Waals surface area contributed by atoms with E-state index in [1.165, 1.54) is 27.9 Å². The Morgan fingerprint density at radius 3 is 2.53 bits per heavy atom. The van der Waals surface area contributed by atoms with Gasteiger partial charge < -0.3 is 14.7 Å². The number of benzene rings is 2. The van der Waals surface area contributed by atoms with Crippen LogP contribution < -0.4 is 15.2 Å². The van der Waals surface area contributed by atoms with Gasteiger partial charge in [-0.3, -0.25) is 19.3 Å². The zero-order chi connectivity index (χ0) is 26.0. The van der Waals surface area contributed by atoms with Crippen molar-refractivity contribution >= 4 is 5.91 Å². The second-order valence-corrected chi connectivity index (χ2v) is 8.53. The zero-order valence-electron chi connectivity index (χ0n) is 20.0. The summed E-state index contributed by atoms with van der Waals surface area (Å²) in [5.41, 5.74) is 0.0878. The van der Waals surface area contributed by atoms with Crippen molar-refractivity contribution in [1.29, 1.82) is 0 Å². The molecule has 2 aromatic carbocycles. The van der Waals surface area contributed by atoms with Crippen LogP contribution in [0.4, 0.5) is 8.78 Å². The average Bonchev–Trinajstić information content (AvgIpc) is 2.89. The highest BCUT2D eigenvalue weighted by molar-refractivity contribution is 5.96. The number of halogens is 2. The van der Waals surface area contributed by atoms with Crippen molar-refractivity contribution in [3.63, 3.8) is 0 Å². The van der Waals surface area contributed by atoms with Crippen molar-refractivity contribution in [2.45, 2.75) is 32.4 Å². The van der Waals surface area contributed by atoms with E-state index in [0.29, 0.717) is 17.5 Å². The summed E-state index contributed by atoms with van der Waals surface area (Å²) in [6.07, 6.45) is 3.43. The number of nitrogens with zero attached hydrogens (tertiary/aromatic N) is 3. The van der Waals surface area contributed by atoms with Gasteiger partial charge in [0.05, 0.1) is 0 Å². The Balaban J connectivity index is 2.01. The molecule has 2 atom stereocenters. The number of ether oxygens (including phenoxy) is 1. The largest absolute Gasteiger partial charge is 0.502 e. The molecule has 0 bridgehead atoms. The predicted molar refractivity (Wildman–Crippen MR) is 132 cm³/mol. The summed E-state index contributed by atoms with van der Waals surface area (Å²) < 4.78 is 36.3. The van der Waals surface area contributed by atoms with E-state index in [1.807, 2.05) is 32.0 Å². The molecule has 3 aromatic rings. The van der Waals surface area contributed by atoms with Gasteiger partial charge in [0.15, 0.2) is 23.0 Å². The number of hydrogen-bond donors (Lipinski definition) is 1. The number of rotatable bonds is 8. The number of amides is 1. The maximum Gasteiger partial charge on any atom is 0.278 e. The molecule has 1 N–H and O–H groups in total. The lowest BCUT2D eigenvalue weighted by Crippen LogP contribution is -2.57. The Kier molecular flexibility index (Phi) is 7.10. The summed E-state index contributed by atoms with van der Waals surface area (Å²) in [4.78, 5) is 27.2. The van der Waals surface area contributed by atoms with Crippen LogP contribution in [0.2, 0.25) is 0 Å². The number of carbonyl (C=O) groups is 1. The molecule has 1 aliphatic heterocycles. The Hall–Kier alpha value is -4.14. The fourth-order valence-corrected chi connectivity index (χ4v) is 4.32. The van der Waals surface area contributed by atoms with Crippen LogP contribution in [-0.2, 0) is 0 Å². The first kappa shape index (κ1) is 25.0. The molecule has 1 aliphatic rings. The monoisotopic (exact) mass is 495 g/mol. The van der Waals surface area contributed by atoms with Crippen LogP contribution in [-0.4, -0.2) is 39.9 Å². The third-order valence-corrected chi connectivity index (χ3v) is 6.35. The Bertz CT molecular complexity index is 1340. The Morgan fingerprint density at radius 1 is 1.14 bits per heavy atom. The van der Waals surface area contributed by atoms with Crippen molar-refractivity contribution in [2.24, 2.45) is 0 Å². The van der Waals surface area contributed by atoms with Crippen molar-refractivity contribution < 1.29 is 23.4 Å². The minimum Gasteiger partial charge on any atom is -0.502 e. The highest BCUT2D eigenvalue weighted by Crippen LogP contribution is 2.39. The molecule has 36 heavy (non-hydrogen) atoms. The highest BCUT2D eigenvalue weighted by Gasteiger charge is 2.39. The molecule has 1 amide bonds. The van der Waals surface area contributed by atoms with E-state index in [4.69, 9.17) is 4.74 Å². The van der Waals surface area contributed by atoms with Gasteiger partial charge >= 0.3 is 0 Å². The molecule has 0 saturated carbocycles. The van der Waals surface area contributed by atoms with Gasteiger partial charge in [-0.25, -0.2) is 4.39 Å². The fourth-order valence-electron chi connectivity index (χ4n) is 4.32. The van der Waals surface area contributed by atoms with E-state index in [0.717, 1.165) is 12.1 Å². The quantitative estimate of drug-likeness (QED) is 0.471. The third kappa shape index (κ3) is 4.32. The third-order valence-electron chi connectivity index (χ3n) is 6.35. The number of carbonyl (C=O) groups excluding carboxylic acids is 1. The SMILES string of the molecule is C=CCOc1c([C@@H](c2ccccc2)N2CN([C@@H](C)CC)C(=O)c3c(O)c(=O)ccn32)ccc(F)c1F. The van der Waals surface area contributed by atoms with Gasteiger partial charge in [0, 0.05) is 23.9 Å². The first-order valence-corrected chi connectivity index (χ1v) is 11.6. The number of pyridine rings is 1. The van der Waals surface area contributed by atoms with E-state index in [1.54, 1.807) is 17.1 Å². The van der Waals surface area contributed by atoms with Gasteiger partial charge in [-0.05, 0) is 31.0 Å². The van der Waals surface area contributed by atoms with Crippen LogP contribution in [0.15, 0.2) is 72.2 Å². The molecule has 0 spiro atoms. The molecule has 0 unspecified atom stereocenters. The standard InChI is InChI=1S/C27H27F2N3O4/c1-4-15-36-26-19(11-12-20(28)22(26)29)23(18-9-7-6-8-10-18)32-16-30(17(3)5-2)27(35)24-25(34)21(33)13-14-31(24)32/h4,6-14,17,23,34H,1,5,15-16H2,2-3H3/t17-,23+/m0/s1. The highest BCUT2D eigenvalue weighted by atomic mass is 19.2. The first-order chi connectivity index (χ1) is 17.3. The minimum atomic E-state index is -1.15. The van der Waals surface area contributed by atoms with E-state index < -0.39 is 34.8 Å². The van der Waals surface area contributed by atoms with Gasteiger partial charge in [-0.15, -0.1) is 0 Å². The molecule has 0 saturated heterocycles. The second-order valence-electron chi connectivity index (χ2n) is 8.53. The Labute approximate surface area is 207 Å². The lowest BCUT2D eigenvalue weighted by Gasteiger charge is -2.45. The summed E-state index contributed by atoms with van der Waals surface area (Å²) in [7, 11) is 0. The molecule has 0 radical (unpaired) electrons. The summed E-state index contributed by atoms with van der Waals surface area (Å²) in [6.45, 7) is 7.35. The van der Waals surface area contributed by atoms with Crippen molar-refractivity contribution in [3.8, 4) is 11.5 Å². The van der Waals surface area contributed by atoms with Crippen molar-refractivity contribution in [1.82, 2.24) is 9.58 Å². The van der Waals surface area contributed by atoms with Crippen LogP contribution in [0.1, 0.15) is 47.9 Å². The summed E-state index contributed by atoms with van der Waals surface area (Å²) >= 11 is 0. The molecule has 2 heterocycles. The van der Waals surface area contributed by atoms with Gasteiger partial charge in [0.1, 0.15) is 19.3 Å². The molecular weight excluding hydrogens is 468 g/mol. The molecule has 7 nitrogen and oxygen atoms in total. The maximum absolute atomic E-state index is 15.1. The molecule has 9 heteroatoms. The number of aromatic nitrogens is 1. The van der Waals surface area contributed by atoms with Crippen molar-refractivity contribution in [2.75, 3.05) is 18.3 Å². The molecule has 188 valence electrons. The number of fused-ring (bicyclic) bond motifs is 1. The van der Waals surface area contributed by atoms with E-state index in [9.17, 15) is 19.1 Å². The van der Waals surface area contributed by atoms with Gasteiger partial charge in [0.2, 0.25) is 11.2 Å². The van der Waals surface area contributed by atoms with E-state index >= 15 is 4.39 Å². The van der Waals surface area contributed by atoms with Gasteiger partial charge in [-0.1, -0.05) is 49.9 Å². The number of hydrogen-bond acceptors (Lipinski definition) is 5. The lowest BCUT2D eigenvalue weighted by atomic mass is 9.96. The number of aromatic hydroxyl groups is 1. The minimum absolute atomic E-state index is 0.0443. The molecule has 0 aliphatic carbocycles. The van der Waals surface area contributed by atoms with Crippen LogP contribution in [0, 0.1) is 11.6 Å². The topological polar surface area (TPSA) is 75.0 Å². The fraction of sp³-hybridized carbons (Fsp3) is 0.259. The van der Waals surface area contributed by atoms with Crippen LogP contribution in [0.5, 0.6) is 11.5 Å². The first-order valence-electron chi connectivity index (χ1n) is 11.6. The second kappa shape index (κ2) is 10.2. The van der Waals surface area contributed by atoms with Crippen molar-refractivity contribution in [3.05, 3.63) is 106 Å². The lowest BCUT2D eigenvalue weighted by molar-refractivity contribution is 0.0601. The van der Waals surface area contributed by atoms with Crippen LogP contribution in [0.25, 0.3) is 0 Å². The smallest absolute Gasteiger partial charge is 0.278 e. The predicted octanol–water partition coefficient (Wildman–Crippen LogP) is 4.34. The molecule has 1 aromatic heterocycles. The molecule has 0 fully saturated rings. The normalized spacial score (nSPS) is 14.8. The van der Waals surface area contributed by atoms with Gasteiger partial charge in [-0.2, -0.15) is 4.39 Å².